The molecule has 0 saturated carbocycles. The topological polar surface area (TPSA) is 76.5 Å². The summed E-state index contributed by atoms with van der Waals surface area (Å²) >= 11 is 12.2. The van der Waals surface area contributed by atoms with Crippen LogP contribution in [-0.4, -0.2) is 40.6 Å². The third-order valence-corrected chi connectivity index (χ3v) is 6.83. The van der Waals surface area contributed by atoms with Crippen LogP contribution >= 0.6 is 23.2 Å². The minimum absolute atomic E-state index is 0.0834. The third kappa shape index (κ3) is 4.58. The minimum Gasteiger partial charge on any atom is -0.381 e. The van der Waals surface area contributed by atoms with E-state index in [1.54, 1.807) is 35.2 Å². The van der Waals surface area contributed by atoms with Gasteiger partial charge in [-0.1, -0.05) is 23.2 Å². The molecule has 2 amide bonds. The molecule has 0 unspecified atom stereocenters. The Bertz CT molecular complexity index is 1190. The minimum atomic E-state index is -0.612. The predicted molar refractivity (Wildman–Crippen MR) is 129 cm³/mol. The molecule has 7 nitrogen and oxygen atoms in total. The number of halogens is 2. The van der Waals surface area contributed by atoms with E-state index >= 15 is 0 Å². The lowest BCUT2D eigenvalue weighted by atomic mass is 10.0. The van der Waals surface area contributed by atoms with E-state index in [2.05, 4.69) is 10.3 Å². The number of nitrogens with one attached hydrogen (secondary N) is 1. The molecule has 2 saturated heterocycles. The highest BCUT2D eigenvalue weighted by Gasteiger charge is 2.37. The van der Waals surface area contributed by atoms with E-state index in [-0.39, 0.29) is 11.8 Å². The van der Waals surface area contributed by atoms with E-state index in [4.69, 9.17) is 27.9 Å². The molecule has 1 aromatic heterocycles. The molecule has 0 spiro atoms. The van der Waals surface area contributed by atoms with Crippen molar-refractivity contribution >= 4 is 57.7 Å². The van der Waals surface area contributed by atoms with Gasteiger partial charge in [0.1, 0.15) is 6.04 Å². The number of hydrogen-bond donors (Lipinski definition) is 1. The van der Waals surface area contributed by atoms with Gasteiger partial charge in [-0.2, -0.15) is 0 Å². The summed E-state index contributed by atoms with van der Waals surface area (Å²) in [5.41, 5.74) is 2.30. The molecule has 2 aliphatic rings. The summed E-state index contributed by atoms with van der Waals surface area (Å²) < 4.78 is 7.54. The molecule has 0 bridgehead atoms. The smallest absolute Gasteiger partial charge is 0.249 e. The maximum atomic E-state index is 13.4. The predicted octanol–water partition coefficient (Wildman–Crippen LogP) is 4.90. The number of ether oxygens (including phenoxy) is 1. The van der Waals surface area contributed by atoms with Crippen LogP contribution < -0.4 is 10.2 Å². The summed E-state index contributed by atoms with van der Waals surface area (Å²) in [6, 6.07) is 11.9. The van der Waals surface area contributed by atoms with Gasteiger partial charge in [0.05, 0.1) is 11.0 Å². The molecule has 0 aliphatic carbocycles. The molecule has 1 N–H and O–H groups in total. The van der Waals surface area contributed by atoms with Crippen LogP contribution in [0, 0.1) is 5.92 Å². The van der Waals surface area contributed by atoms with Gasteiger partial charge in [-0.15, -0.1) is 0 Å². The standard InChI is InChI=1S/C24H24Cl2N4O3/c25-16-1-4-18(5-2-16)30-21(7-8-22(30)31)23(32)28-24-27-19-13-17(26)3-6-20(19)29(24)14-15-9-11-33-12-10-15/h1-6,13,15,21H,7-12,14H2,(H,27,28,32)/t21-/m0/s1. The maximum Gasteiger partial charge on any atom is 0.249 e. The van der Waals surface area contributed by atoms with Crippen LogP contribution in [0.4, 0.5) is 11.6 Å². The average Bonchev–Trinajstić information content (AvgIpc) is 3.35. The SMILES string of the molecule is O=C(Nc1nc2cc(Cl)ccc2n1CC1CCOCC1)[C@@H]1CCC(=O)N1c1ccc(Cl)cc1. The van der Waals surface area contributed by atoms with Crippen molar-refractivity contribution < 1.29 is 14.3 Å². The van der Waals surface area contributed by atoms with Crippen molar-refractivity contribution in [3.05, 3.63) is 52.5 Å². The molecule has 0 radical (unpaired) electrons. The average molecular weight is 487 g/mol. The van der Waals surface area contributed by atoms with Crippen molar-refractivity contribution in [3.8, 4) is 0 Å². The highest BCUT2D eigenvalue weighted by atomic mass is 35.5. The van der Waals surface area contributed by atoms with E-state index < -0.39 is 6.04 Å². The van der Waals surface area contributed by atoms with Gasteiger partial charge in [-0.3, -0.25) is 19.8 Å². The van der Waals surface area contributed by atoms with Crippen molar-refractivity contribution in [2.24, 2.45) is 5.92 Å². The number of benzene rings is 2. The summed E-state index contributed by atoms with van der Waals surface area (Å²) in [7, 11) is 0. The molecule has 3 aromatic rings. The van der Waals surface area contributed by atoms with Crippen molar-refractivity contribution in [2.45, 2.75) is 38.3 Å². The van der Waals surface area contributed by atoms with Crippen LogP contribution in [0.3, 0.4) is 0 Å². The van der Waals surface area contributed by atoms with Crippen LogP contribution in [0.25, 0.3) is 11.0 Å². The zero-order chi connectivity index (χ0) is 22.9. The van der Waals surface area contributed by atoms with Crippen LogP contribution in [-0.2, 0) is 20.9 Å². The van der Waals surface area contributed by atoms with Gasteiger partial charge in [0, 0.05) is 41.9 Å². The van der Waals surface area contributed by atoms with E-state index in [0.29, 0.717) is 40.4 Å². The Hall–Kier alpha value is -2.61. The molecule has 3 heterocycles. The highest BCUT2D eigenvalue weighted by Crippen LogP contribution is 2.30. The second-order valence-corrected chi connectivity index (χ2v) is 9.39. The fourth-order valence-corrected chi connectivity index (χ4v) is 4.91. The van der Waals surface area contributed by atoms with Crippen LogP contribution in [0.15, 0.2) is 42.5 Å². The third-order valence-electron chi connectivity index (χ3n) is 6.35. The lowest BCUT2D eigenvalue weighted by molar-refractivity contribution is -0.120. The van der Waals surface area contributed by atoms with Gasteiger partial charge in [0.2, 0.25) is 17.8 Å². The zero-order valence-electron chi connectivity index (χ0n) is 18.0. The normalized spacial score (nSPS) is 19.4. The second kappa shape index (κ2) is 9.33. The van der Waals surface area contributed by atoms with E-state index in [1.165, 1.54) is 0 Å². The molecule has 172 valence electrons. The Morgan fingerprint density at radius 1 is 1.06 bits per heavy atom. The number of anilines is 2. The summed E-state index contributed by atoms with van der Waals surface area (Å²) in [4.78, 5) is 32.2. The monoisotopic (exact) mass is 486 g/mol. The van der Waals surface area contributed by atoms with Crippen molar-refractivity contribution in [1.82, 2.24) is 9.55 Å². The Labute approximate surface area is 201 Å². The Morgan fingerprint density at radius 2 is 1.79 bits per heavy atom. The van der Waals surface area contributed by atoms with Crippen LogP contribution in [0.1, 0.15) is 25.7 Å². The van der Waals surface area contributed by atoms with Gasteiger partial charge in [-0.25, -0.2) is 4.98 Å². The fourth-order valence-electron chi connectivity index (χ4n) is 4.62. The van der Waals surface area contributed by atoms with Crippen molar-refractivity contribution in [2.75, 3.05) is 23.4 Å². The Kier molecular flexibility index (Phi) is 6.27. The highest BCUT2D eigenvalue weighted by molar-refractivity contribution is 6.31. The number of rotatable bonds is 5. The number of nitrogens with zero attached hydrogens (tertiary/aromatic N) is 3. The van der Waals surface area contributed by atoms with Gasteiger partial charge in [0.15, 0.2) is 0 Å². The van der Waals surface area contributed by atoms with Crippen molar-refractivity contribution in [3.63, 3.8) is 0 Å². The number of imidazole rings is 1. The number of aromatic nitrogens is 2. The number of hydrogen-bond acceptors (Lipinski definition) is 4. The number of carbonyl (C=O) groups is 2. The first kappa shape index (κ1) is 22.2. The zero-order valence-corrected chi connectivity index (χ0v) is 19.5. The van der Waals surface area contributed by atoms with Gasteiger partial charge in [-0.05, 0) is 67.6 Å². The summed E-state index contributed by atoms with van der Waals surface area (Å²) in [5, 5.41) is 4.17. The molecule has 2 aromatic carbocycles. The molecular formula is C24H24Cl2N4O3. The molecule has 2 aliphatic heterocycles. The lowest BCUT2D eigenvalue weighted by Gasteiger charge is -2.25. The molecule has 33 heavy (non-hydrogen) atoms. The molecule has 1 atom stereocenters. The van der Waals surface area contributed by atoms with Crippen LogP contribution in [0.2, 0.25) is 10.0 Å². The second-order valence-electron chi connectivity index (χ2n) is 8.52. The first-order valence-electron chi connectivity index (χ1n) is 11.1. The first-order valence-corrected chi connectivity index (χ1v) is 11.9. The molecule has 2 fully saturated rings. The van der Waals surface area contributed by atoms with Crippen LogP contribution in [0.5, 0.6) is 0 Å². The summed E-state index contributed by atoms with van der Waals surface area (Å²) in [6.45, 7) is 2.21. The first-order chi connectivity index (χ1) is 16.0. The summed E-state index contributed by atoms with van der Waals surface area (Å²) in [6.07, 6.45) is 2.68. The van der Waals surface area contributed by atoms with Gasteiger partial charge >= 0.3 is 0 Å². The Morgan fingerprint density at radius 3 is 2.55 bits per heavy atom. The number of carbonyl (C=O) groups excluding carboxylic acids is 2. The maximum absolute atomic E-state index is 13.4. The quantitative estimate of drug-likeness (QED) is 0.555. The van der Waals surface area contributed by atoms with Crippen molar-refractivity contribution in [1.29, 1.82) is 0 Å². The molecular weight excluding hydrogens is 463 g/mol. The van der Waals surface area contributed by atoms with E-state index in [1.807, 2.05) is 16.7 Å². The van der Waals surface area contributed by atoms with E-state index in [0.717, 1.165) is 43.6 Å². The lowest BCUT2D eigenvalue weighted by Crippen LogP contribution is -2.42. The largest absolute Gasteiger partial charge is 0.381 e. The summed E-state index contributed by atoms with van der Waals surface area (Å²) in [5.74, 6) is 0.561. The molecule has 5 rings (SSSR count). The fraction of sp³-hybridized carbons (Fsp3) is 0.375. The van der Waals surface area contributed by atoms with Gasteiger partial charge in [0.25, 0.3) is 0 Å². The van der Waals surface area contributed by atoms with Gasteiger partial charge < -0.3 is 9.30 Å². The Balaban J connectivity index is 1.43. The number of fused-ring (bicyclic) bond motifs is 1. The molecule has 9 heteroatoms. The van der Waals surface area contributed by atoms with E-state index in [9.17, 15) is 9.59 Å². The number of amides is 2.